The van der Waals surface area contributed by atoms with Crippen LogP contribution >= 0.6 is 0 Å². The molecule has 2 aromatic carbocycles. The fourth-order valence-electron chi connectivity index (χ4n) is 3.08. The zero-order valence-corrected chi connectivity index (χ0v) is 16.7. The molecule has 4 rings (SSSR count). The SMILES string of the molecule is COC(=O)c1ccc(COc2cc(O)c3c(=O)c(-c4ccc(OC)cc4)coc3c2)o1. The van der Waals surface area contributed by atoms with Crippen LogP contribution in [0.4, 0.5) is 0 Å². The van der Waals surface area contributed by atoms with Crippen LogP contribution in [0, 0.1) is 0 Å². The van der Waals surface area contributed by atoms with Gasteiger partial charge >= 0.3 is 5.97 Å². The number of fused-ring (bicyclic) bond motifs is 1. The van der Waals surface area contributed by atoms with Gasteiger partial charge in [0.1, 0.15) is 46.8 Å². The Morgan fingerprint density at radius 2 is 1.81 bits per heavy atom. The van der Waals surface area contributed by atoms with Crippen molar-refractivity contribution in [1.82, 2.24) is 0 Å². The Kier molecular flexibility index (Phi) is 5.36. The Morgan fingerprint density at radius 1 is 1.03 bits per heavy atom. The van der Waals surface area contributed by atoms with Crippen molar-refractivity contribution in [2.75, 3.05) is 14.2 Å². The molecule has 0 aliphatic carbocycles. The summed E-state index contributed by atoms with van der Waals surface area (Å²) in [4.78, 5) is 24.4. The van der Waals surface area contributed by atoms with E-state index in [0.29, 0.717) is 22.6 Å². The summed E-state index contributed by atoms with van der Waals surface area (Å²) in [7, 11) is 2.81. The van der Waals surface area contributed by atoms with E-state index >= 15 is 0 Å². The zero-order valence-electron chi connectivity index (χ0n) is 16.7. The lowest BCUT2D eigenvalue weighted by atomic mass is 10.0. The Morgan fingerprint density at radius 3 is 2.52 bits per heavy atom. The Hall–Kier alpha value is -4.20. The number of methoxy groups -OCH3 is 2. The molecule has 2 aromatic heterocycles. The molecule has 0 aliphatic heterocycles. The number of furan rings is 1. The van der Waals surface area contributed by atoms with Gasteiger partial charge in [-0.25, -0.2) is 4.79 Å². The van der Waals surface area contributed by atoms with Crippen molar-refractivity contribution in [3.05, 3.63) is 76.5 Å². The second-order valence-electron chi connectivity index (χ2n) is 6.57. The minimum Gasteiger partial charge on any atom is -0.507 e. The number of rotatable bonds is 6. The third-order valence-electron chi connectivity index (χ3n) is 4.66. The number of hydrogen-bond donors (Lipinski definition) is 1. The van der Waals surface area contributed by atoms with Gasteiger partial charge in [-0.05, 0) is 29.8 Å². The van der Waals surface area contributed by atoms with Crippen LogP contribution in [-0.2, 0) is 11.3 Å². The number of hydrogen-bond acceptors (Lipinski definition) is 8. The number of phenolic OH excluding ortho intramolecular Hbond substituents is 1. The molecule has 0 saturated heterocycles. The first-order valence-corrected chi connectivity index (χ1v) is 9.23. The Bertz CT molecular complexity index is 1300. The van der Waals surface area contributed by atoms with Gasteiger partial charge < -0.3 is 28.2 Å². The monoisotopic (exact) mass is 422 g/mol. The van der Waals surface area contributed by atoms with Gasteiger partial charge in [-0.2, -0.15) is 0 Å². The second kappa shape index (κ2) is 8.27. The summed E-state index contributed by atoms with van der Waals surface area (Å²) < 4.78 is 26.3. The standard InChI is InChI=1S/C23H18O8/c1-27-14-5-3-13(4-6-14)17-12-30-20-10-16(9-18(24)21(20)22(17)25)29-11-15-7-8-19(31-15)23(26)28-2/h3-10,12,24H,11H2,1-2H3. The first kappa shape index (κ1) is 20.1. The summed E-state index contributed by atoms with van der Waals surface area (Å²) in [5.74, 6) is 0.501. The van der Waals surface area contributed by atoms with Crippen molar-refractivity contribution in [3.8, 4) is 28.4 Å². The van der Waals surface area contributed by atoms with E-state index in [1.165, 1.54) is 31.6 Å². The van der Waals surface area contributed by atoms with E-state index in [9.17, 15) is 14.7 Å². The molecule has 0 spiro atoms. The summed E-state index contributed by atoms with van der Waals surface area (Å²) in [5.41, 5.74) is 0.747. The van der Waals surface area contributed by atoms with Crippen molar-refractivity contribution in [3.63, 3.8) is 0 Å². The Labute approximate surface area is 176 Å². The number of phenols is 1. The molecule has 158 valence electrons. The minimum atomic E-state index is -0.593. The van der Waals surface area contributed by atoms with Crippen LogP contribution in [0.1, 0.15) is 16.3 Å². The molecular formula is C23H18O8. The summed E-state index contributed by atoms with van der Waals surface area (Å²) in [5, 5.41) is 10.5. The fraction of sp³-hybridized carbons (Fsp3) is 0.130. The van der Waals surface area contributed by atoms with Crippen molar-refractivity contribution in [2.24, 2.45) is 0 Å². The van der Waals surface area contributed by atoms with Crippen LogP contribution < -0.4 is 14.9 Å². The largest absolute Gasteiger partial charge is 0.507 e. The highest BCUT2D eigenvalue weighted by atomic mass is 16.5. The molecule has 0 bridgehead atoms. The summed E-state index contributed by atoms with van der Waals surface area (Å²) in [6, 6.07) is 12.8. The summed E-state index contributed by atoms with van der Waals surface area (Å²) >= 11 is 0. The van der Waals surface area contributed by atoms with Crippen molar-refractivity contribution < 1.29 is 32.9 Å². The lowest BCUT2D eigenvalue weighted by Crippen LogP contribution is -2.05. The van der Waals surface area contributed by atoms with Gasteiger partial charge in [0.2, 0.25) is 11.2 Å². The predicted molar refractivity (Wildman–Crippen MR) is 111 cm³/mol. The minimum absolute atomic E-state index is 0.00386. The molecule has 1 N–H and O–H groups in total. The second-order valence-corrected chi connectivity index (χ2v) is 6.57. The lowest BCUT2D eigenvalue weighted by Gasteiger charge is -2.08. The molecule has 0 fully saturated rings. The summed E-state index contributed by atoms with van der Waals surface area (Å²) in [6.45, 7) is -0.00386. The molecule has 0 atom stereocenters. The first-order valence-electron chi connectivity index (χ1n) is 9.23. The van der Waals surface area contributed by atoms with E-state index in [4.69, 9.17) is 18.3 Å². The van der Waals surface area contributed by atoms with Crippen LogP contribution in [0.2, 0.25) is 0 Å². The van der Waals surface area contributed by atoms with E-state index in [2.05, 4.69) is 4.74 Å². The topological polar surface area (TPSA) is 108 Å². The molecule has 0 aliphatic rings. The smallest absolute Gasteiger partial charge is 0.373 e. The van der Waals surface area contributed by atoms with E-state index in [-0.39, 0.29) is 40.3 Å². The highest BCUT2D eigenvalue weighted by Gasteiger charge is 2.16. The third-order valence-corrected chi connectivity index (χ3v) is 4.66. The van der Waals surface area contributed by atoms with Crippen LogP contribution in [0.15, 0.2) is 68.4 Å². The van der Waals surface area contributed by atoms with Crippen molar-refractivity contribution in [1.29, 1.82) is 0 Å². The highest BCUT2D eigenvalue weighted by Crippen LogP contribution is 2.31. The number of carbonyl (C=O) groups excluding carboxylic acids is 1. The predicted octanol–water partition coefficient (Wildman–Crippen LogP) is 4.13. The van der Waals surface area contributed by atoms with E-state index < -0.39 is 5.97 Å². The molecule has 31 heavy (non-hydrogen) atoms. The quantitative estimate of drug-likeness (QED) is 0.462. The number of aromatic hydroxyl groups is 1. The molecule has 0 radical (unpaired) electrons. The van der Waals surface area contributed by atoms with E-state index in [0.717, 1.165) is 0 Å². The van der Waals surface area contributed by atoms with Crippen molar-refractivity contribution in [2.45, 2.75) is 6.61 Å². The summed E-state index contributed by atoms with van der Waals surface area (Å²) in [6.07, 6.45) is 1.34. The van der Waals surface area contributed by atoms with Gasteiger partial charge in [-0.15, -0.1) is 0 Å². The lowest BCUT2D eigenvalue weighted by molar-refractivity contribution is 0.0561. The highest BCUT2D eigenvalue weighted by molar-refractivity contribution is 5.88. The van der Waals surface area contributed by atoms with Gasteiger partial charge in [-0.1, -0.05) is 12.1 Å². The number of ether oxygens (including phenoxy) is 3. The molecule has 8 nitrogen and oxygen atoms in total. The fourth-order valence-corrected chi connectivity index (χ4v) is 3.08. The molecular weight excluding hydrogens is 404 g/mol. The average molecular weight is 422 g/mol. The number of esters is 1. The van der Waals surface area contributed by atoms with Gasteiger partial charge in [0.05, 0.1) is 19.8 Å². The third kappa shape index (κ3) is 3.95. The molecule has 0 unspecified atom stereocenters. The normalized spacial score (nSPS) is 10.8. The maximum absolute atomic E-state index is 12.9. The zero-order chi connectivity index (χ0) is 22.0. The molecule has 8 heteroatoms. The number of carbonyl (C=O) groups is 1. The van der Waals surface area contributed by atoms with Crippen LogP contribution in [0.3, 0.4) is 0 Å². The molecule has 4 aromatic rings. The van der Waals surface area contributed by atoms with Gasteiger partial charge in [0.25, 0.3) is 0 Å². The first-order chi connectivity index (χ1) is 15.0. The van der Waals surface area contributed by atoms with Gasteiger partial charge in [-0.3, -0.25) is 4.79 Å². The van der Waals surface area contributed by atoms with Crippen LogP contribution in [0.5, 0.6) is 17.2 Å². The maximum atomic E-state index is 12.9. The maximum Gasteiger partial charge on any atom is 0.373 e. The molecule has 0 saturated carbocycles. The number of benzene rings is 2. The van der Waals surface area contributed by atoms with E-state index in [1.54, 1.807) is 37.4 Å². The van der Waals surface area contributed by atoms with Crippen molar-refractivity contribution >= 4 is 16.9 Å². The molecule has 0 amide bonds. The van der Waals surface area contributed by atoms with Crippen LogP contribution in [-0.4, -0.2) is 25.3 Å². The van der Waals surface area contributed by atoms with Gasteiger partial charge in [0, 0.05) is 12.1 Å². The average Bonchev–Trinajstić information content (AvgIpc) is 3.26. The Balaban J connectivity index is 1.61. The molecule has 2 heterocycles. The van der Waals surface area contributed by atoms with Gasteiger partial charge in [0.15, 0.2) is 0 Å². The van der Waals surface area contributed by atoms with Crippen LogP contribution in [0.25, 0.3) is 22.1 Å². The van der Waals surface area contributed by atoms with E-state index in [1.807, 2.05) is 0 Å².